The van der Waals surface area contributed by atoms with Gasteiger partial charge in [-0.25, -0.2) is 0 Å². The van der Waals surface area contributed by atoms with Crippen LogP contribution < -0.4 is 5.32 Å². The molecule has 1 atom stereocenters. The third-order valence-corrected chi connectivity index (χ3v) is 4.63. The number of carbonyl (C=O) groups excluding carboxylic acids is 1. The van der Waals surface area contributed by atoms with E-state index in [1.54, 1.807) is 10.9 Å². The molecule has 0 bridgehead atoms. The molecule has 2 heterocycles. The predicted molar refractivity (Wildman–Crippen MR) is 94.7 cm³/mol. The number of rotatable bonds is 6. The summed E-state index contributed by atoms with van der Waals surface area (Å²) in [6, 6.07) is 11.6. The monoisotopic (exact) mass is 326 g/mol. The molecule has 1 aliphatic heterocycles. The Morgan fingerprint density at radius 1 is 1.25 bits per heavy atom. The van der Waals surface area contributed by atoms with E-state index >= 15 is 0 Å². The van der Waals surface area contributed by atoms with Crippen LogP contribution >= 0.6 is 0 Å². The number of hydrogen-bond acceptors (Lipinski definition) is 3. The van der Waals surface area contributed by atoms with Crippen LogP contribution in [0.4, 0.5) is 0 Å². The van der Waals surface area contributed by atoms with Gasteiger partial charge in [0.1, 0.15) is 0 Å². The minimum absolute atomic E-state index is 0.0267. The van der Waals surface area contributed by atoms with E-state index in [0.717, 1.165) is 38.0 Å². The Morgan fingerprint density at radius 3 is 2.62 bits per heavy atom. The second-order valence-electron chi connectivity index (χ2n) is 6.42. The Balaban J connectivity index is 1.67. The van der Waals surface area contributed by atoms with Crippen LogP contribution in [0.15, 0.2) is 48.8 Å². The quantitative estimate of drug-likeness (QED) is 0.887. The van der Waals surface area contributed by atoms with Gasteiger partial charge < -0.3 is 10.2 Å². The van der Waals surface area contributed by atoms with E-state index in [4.69, 9.17) is 0 Å². The average molecular weight is 326 g/mol. The molecule has 5 heteroatoms. The number of likely N-dealkylation sites (tertiary alicyclic amines) is 1. The van der Waals surface area contributed by atoms with Gasteiger partial charge in [0.05, 0.1) is 0 Å². The maximum absolute atomic E-state index is 12.9. The summed E-state index contributed by atoms with van der Waals surface area (Å²) in [5.74, 6) is 0.0267. The lowest BCUT2D eigenvalue weighted by molar-refractivity contribution is -0.124. The van der Waals surface area contributed by atoms with Crippen LogP contribution in [0, 0.1) is 0 Å². The van der Waals surface area contributed by atoms with Crippen molar-refractivity contribution < 1.29 is 4.79 Å². The summed E-state index contributed by atoms with van der Waals surface area (Å²) in [6.07, 6.45) is 6.79. The molecule has 5 nitrogen and oxygen atoms in total. The summed E-state index contributed by atoms with van der Waals surface area (Å²) < 4.78 is 1.73. The van der Waals surface area contributed by atoms with Crippen molar-refractivity contribution in [1.82, 2.24) is 20.0 Å². The third-order valence-electron chi connectivity index (χ3n) is 4.63. The highest BCUT2D eigenvalue weighted by molar-refractivity contribution is 5.83. The molecule has 3 rings (SSSR count). The highest BCUT2D eigenvalue weighted by Gasteiger charge is 2.27. The maximum atomic E-state index is 12.9. The highest BCUT2D eigenvalue weighted by atomic mass is 16.2. The van der Waals surface area contributed by atoms with Crippen molar-refractivity contribution >= 4 is 5.91 Å². The lowest BCUT2D eigenvalue weighted by Crippen LogP contribution is -2.47. The van der Waals surface area contributed by atoms with Gasteiger partial charge in [0.2, 0.25) is 5.91 Å². The summed E-state index contributed by atoms with van der Waals surface area (Å²) >= 11 is 0. The topological polar surface area (TPSA) is 50.2 Å². The normalized spacial score (nSPS) is 17.5. The van der Waals surface area contributed by atoms with Crippen LogP contribution in [-0.4, -0.2) is 46.3 Å². The van der Waals surface area contributed by atoms with Crippen molar-refractivity contribution in [2.45, 2.75) is 38.3 Å². The van der Waals surface area contributed by atoms with Gasteiger partial charge >= 0.3 is 0 Å². The van der Waals surface area contributed by atoms with Crippen molar-refractivity contribution in [3.8, 4) is 0 Å². The van der Waals surface area contributed by atoms with Crippen LogP contribution in [0.25, 0.3) is 0 Å². The van der Waals surface area contributed by atoms with Crippen molar-refractivity contribution in [1.29, 1.82) is 0 Å². The van der Waals surface area contributed by atoms with Gasteiger partial charge in [-0.2, -0.15) is 5.10 Å². The minimum atomic E-state index is -0.408. The third kappa shape index (κ3) is 4.03. The van der Waals surface area contributed by atoms with Crippen LogP contribution in [0.3, 0.4) is 0 Å². The summed E-state index contributed by atoms with van der Waals surface area (Å²) in [5.41, 5.74) is 0.960. The minimum Gasteiger partial charge on any atom is -0.351 e. The Labute approximate surface area is 143 Å². The van der Waals surface area contributed by atoms with Crippen molar-refractivity contribution in [3.63, 3.8) is 0 Å². The van der Waals surface area contributed by atoms with Crippen LogP contribution in [0.5, 0.6) is 0 Å². The van der Waals surface area contributed by atoms with Crippen LogP contribution in [0.2, 0.25) is 0 Å². The summed E-state index contributed by atoms with van der Waals surface area (Å²) in [7, 11) is 0. The lowest BCUT2D eigenvalue weighted by atomic mass is 10.0. The molecule has 1 saturated heterocycles. The number of amides is 1. The standard InChI is InChI=1S/C19H26N4O/c1-2-12-22-14-9-17(10-15-22)21-19(24)18(23-13-6-11-20-23)16-7-4-3-5-8-16/h3-8,11,13,17-18H,2,9-10,12,14-15H2,1H3,(H,21,24)/t18-/m0/s1. The summed E-state index contributed by atoms with van der Waals surface area (Å²) in [5, 5.41) is 7.53. The maximum Gasteiger partial charge on any atom is 0.249 e. The zero-order valence-corrected chi connectivity index (χ0v) is 14.3. The zero-order chi connectivity index (χ0) is 16.8. The van der Waals surface area contributed by atoms with Crippen LogP contribution in [0.1, 0.15) is 37.8 Å². The number of nitrogens with one attached hydrogen (secondary N) is 1. The number of carbonyl (C=O) groups is 1. The molecule has 1 fully saturated rings. The molecule has 1 aromatic heterocycles. The second kappa shape index (κ2) is 8.11. The average Bonchev–Trinajstić information content (AvgIpc) is 3.12. The molecular weight excluding hydrogens is 300 g/mol. The smallest absolute Gasteiger partial charge is 0.249 e. The molecule has 0 spiro atoms. The first kappa shape index (κ1) is 16.7. The van der Waals surface area contributed by atoms with Crippen molar-refractivity contribution in [2.75, 3.05) is 19.6 Å². The molecule has 0 saturated carbocycles. The molecular formula is C19H26N4O. The number of hydrogen-bond donors (Lipinski definition) is 1. The Hall–Kier alpha value is -2.14. The zero-order valence-electron chi connectivity index (χ0n) is 14.3. The fourth-order valence-electron chi connectivity index (χ4n) is 3.39. The first-order valence-corrected chi connectivity index (χ1v) is 8.84. The number of nitrogens with zero attached hydrogens (tertiary/aromatic N) is 3. The summed E-state index contributed by atoms with van der Waals surface area (Å²) in [4.78, 5) is 15.4. The van der Waals surface area contributed by atoms with Gasteiger partial charge in [-0.1, -0.05) is 37.3 Å². The molecule has 1 amide bonds. The predicted octanol–water partition coefficient (Wildman–Crippen LogP) is 2.46. The highest BCUT2D eigenvalue weighted by Crippen LogP contribution is 2.19. The first-order chi connectivity index (χ1) is 11.8. The van der Waals surface area contributed by atoms with Gasteiger partial charge in [-0.05, 0) is 37.4 Å². The molecule has 1 N–H and O–H groups in total. The van der Waals surface area contributed by atoms with Gasteiger partial charge in [0.15, 0.2) is 6.04 Å². The van der Waals surface area contributed by atoms with Crippen molar-refractivity contribution in [3.05, 3.63) is 54.4 Å². The van der Waals surface area contributed by atoms with E-state index in [2.05, 4.69) is 22.2 Å². The number of benzene rings is 1. The molecule has 0 radical (unpaired) electrons. The van der Waals surface area contributed by atoms with Gasteiger partial charge in [0.25, 0.3) is 0 Å². The Morgan fingerprint density at radius 2 is 2.00 bits per heavy atom. The first-order valence-electron chi connectivity index (χ1n) is 8.84. The van der Waals surface area contributed by atoms with Crippen LogP contribution in [-0.2, 0) is 4.79 Å². The second-order valence-corrected chi connectivity index (χ2v) is 6.42. The molecule has 2 aromatic rings. The van der Waals surface area contributed by atoms with E-state index in [0.29, 0.717) is 0 Å². The molecule has 1 aliphatic rings. The molecule has 0 unspecified atom stereocenters. The molecule has 128 valence electrons. The molecule has 1 aromatic carbocycles. The van der Waals surface area contributed by atoms with E-state index in [1.807, 2.05) is 42.6 Å². The van der Waals surface area contributed by atoms with E-state index in [9.17, 15) is 4.79 Å². The van der Waals surface area contributed by atoms with E-state index in [1.165, 1.54) is 6.42 Å². The lowest BCUT2D eigenvalue weighted by Gasteiger charge is -2.33. The van der Waals surface area contributed by atoms with E-state index in [-0.39, 0.29) is 11.9 Å². The fraction of sp³-hybridized carbons (Fsp3) is 0.474. The van der Waals surface area contributed by atoms with E-state index < -0.39 is 6.04 Å². The number of aromatic nitrogens is 2. The Kier molecular flexibility index (Phi) is 5.64. The largest absolute Gasteiger partial charge is 0.351 e. The van der Waals surface area contributed by atoms with Crippen molar-refractivity contribution in [2.24, 2.45) is 0 Å². The summed E-state index contributed by atoms with van der Waals surface area (Å²) in [6.45, 7) is 5.50. The fourth-order valence-corrected chi connectivity index (χ4v) is 3.39. The molecule has 0 aliphatic carbocycles. The molecule has 24 heavy (non-hydrogen) atoms. The van der Waals surface area contributed by atoms with Gasteiger partial charge in [-0.3, -0.25) is 9.48 Å². The number of piperidine rings is 1. The van der Waals surface area contributed by atoms with Gasteiger partial charge in [0, 0.05) is 31.5 Å². The Bertz CT molecular complexity index is 618. The SMILES string of the molecule is CCCN1CCC(NC(=O)[C@H](c2ccccc2)n2cccn2)CC1. The van der Waals surface area contributed by atoms with Gasteiger partial charge in [-0.15, -0.1) is 0 Å².